The van der Waals surface area contributed by atoms with Crippen LogP contribution in [0.15, 0.2) is 59.8 Å². The highest BCUT2D eigenvalue weighted by atomic mass is 15.5. The summed E-state index contributed by atoms with van der Waals surface area (Å²) in [5, 5.41) is 6.63. The van der Waals surface area contributed by atoms with E-state index >= 15 is 0 Å². The minimum Gasteiger partial charge on any atom is -0.290 e. The Morgan fingerprint density at radius 2 is 1.83 bits per heavy atom. The van der Waals surface area contributed by atoms with Gasteiger partial charge in [0.05, 0.1) is 17.4 Å². The van der Waals surface area contributed by atoms with Gasteiger partial charge in [0, 0.05) is 19.7 Å². The molecule has 1 aromatic heterocycles. The summed E-state index contributed by atoms with van der Waals surface area (Å²) in [6.07, 6.45) is 2.75. The molecule has 2 aromatic rings. The van der Waals surface area contributed by atoms with Crippen LogP contribution in [-0.4, -0.2) is 22.8 Å². The molecule has 0 spiro atoms. The Bertz CT molecular complexity index is 548. The van der Waals surface area contributed by atoms with E-state index in [1.165, 1.54) is 5.56 Å². The van der Waals surface area contributed by atoms with Crippen LogP contribution >= 0.6 is 0 Å². The Balaban J connectivity index is 1.85. The molecule has 1 atom stereocenters. The van der Waals surface area contributed by atoms with Crippen molar-refractivity contribution in [3.8, 4) is 0 Å². The molecule has 3 nitrogen and oxygen atoms in total. The van der Waals surface area contributed by atoms with Crippen LogP contribution in [-0.2, 0) is 0 Å². The predicted octanol–water partition coefficient (Wildman–Crippen LogP) is 2.86. The van der Waals surface area contributed by atoms with Gasteiger partial charge in [0.1, 0.15) is 0 Å². The number of aromatic nitrogens is 1. The molecule has 0 fully saturated rings. The highest BCUT2D eigenvalue weighted by Gasteiger charge is 2.26. The van der Waals surface area contributed by atoms with Crippen LogP contribution in [0.25, 0.3) is 0 Å². The third-order valence-electron chi connectivity index (χ3n) is 3.25. The number of hydrogen-bond acceptors (Lipinski definition) is 3. The molecule has 18 heavy (non-hydrogen) atoms. The van der Waals surface area contributed by atoms with Crippen LogP contribution in [0.5, 0.6) is 0 Å². The largest absolute Gasteiger partial charge is 0.290 e. The topological polar surface area (TPSA) is 28.5 Å². The summed E-state index contributed by atoms with van der Waals surface area (Å²) in [6, 6.07) is 16.6. The van der Waals surface area contributed by atoms with Crippen LogP contribution in [0.3, 0.4) is 0 Å². The molecule has 0 aliphatic carbocycles. The molecule has 0 saturated heterocycles. The molecule has 0 bridgehead atoms. The van der Waals surface area contributed by atoms with E-state index in [2.05, 4.69) is 28.3 Å². The first-order valence-corrected chi connectivity index (χ1v) is 6.11. The standard InChI is InChI=1S/C15H15N3/c1-18-15(13-9-5-6-10-16-13)11-14(17-18)12-7-3-2-4-8-12/h2-10,15H,11H2,1H3. The lowest BCUT2D eigenvalue weighted by Crippen LogP contribution is -2.15. The van der Waals surface area contributed by atoms with Gasteiger partial charge in [-0.1, -0.05) is 36.4 Å². The van der Waals surface area contributed by atoms with Gasteiger partial charge in [0.2, 0.25) is 0 Å². The van der Waals surface area contributed by atoms with Gasteiger partial charge >= 0.3 is 0 Å². The maximum absolute atomic E-state index is 4.63. The molecule has 3 heteroatoms. The average Bonchev–Trinajstić information content (AvgIpc) is 2.83. The first-order valence-electron chi connectivity index (χ1n) is 6.11. The van der Waals surface area contributed by atoms with E-state index in [-0.39, 0.29) is 6.04 Å². The zero-order chi connectivity index (χ0) is 12.4. The molecule has 1 aromatic carbocycles. The zero-order valence-corrected chi connectivity index (χ0v) is 10.3. The number of hydrogen-bond donors (Lipinski definition) is 0. The van der Waals surface area contributed by atoms with Crippen LogP contribution < -0.4 is 0 Å². The van der Waals surface area contributed by atoms with Crippen LogP contribution in [0.2, 0.25) is 0 Å². The molecule has 1 aliphatic heterocycles. The summed E-state index contributed by atoms with van der Waals surface area (Å²) < 4.78 is 0. The maximum Gasteiger partial charge on any atom is 0.0943 e. The second kappa shape index (κ2) is 4.61. The van der Waals surface area contributed by atoms with Crippen molar-refractivity contribution in [2.75, 3.05) is 7.05 Å². The van der Waals surface area contributed by atoms with Crippen molar-refractivity contribution in [3.05, 3.63) is 66.0 Å². The molecule has 0 amide bonds. The van der Waals surface area contributed by atoms with E-state index in [1.54, 1.807) is 0 Å². The summed E-state index contributed by atoms with van der Waals surface area (Å²) in [7, 11) is 2.01. The van der Waals surface area contributed by atoms with E-state index in [0.717, 1.165) is 17.8 Å². The van der Waals surface area contributed by atoms with E-state index in [0.29, 0.717) is 0 Å². The van der Waals surface area contributed by atoms with E-state index in [1.807, 2.05) is 48.6 Å². The smallest absolute Gasteiger partial charge is 0.0943 e. The highest BCUT2D eigenvalue weighted by Crippen LogP contribution is 2.29. The van der Waals surface area contributed by atoms with E-state index in [9.17, 15) is 0 Å². The molecule has 0 saturated carbocycles. The molecule has 0 N–H and O–H groups in total. The molecule has 90 valence electrons. The Morgan fingerprint density at radius 3 is 2.56 bits per heavy atom. The highest BCUT2D eigenvalue weighted by molar-refractivity contribution is 6.01. The quantitative estimate of drug-likeness (QED) is 0.803. The van der Waals surface area contributed by atoms with Crippen molar-refractivity contribution in [3.63, 3.8) is 0 Å². The molecule has 1 unspecified atom stereocenters. The minimum atomic E-state index is 0.251. The van der Waals surface area contributed by atoms with Crippen molar-refractivity contribution in [2.45, 2.75) is 12.5 Å². The Morgan fingerprint density at radius 1 is 1.06 bits per heavy atom. The van der Waals surface area contributed by atoms with Crippen molar-refractivity contribution < 1.29 is 0 Å². The van der Waals surface area contributed by atoms with Crippen molar-refractivity contribution in [1.29, 1.82) is 0 Å². The molecule has 0 radical (unpaired) electrons. The van der Waals surface area contributed by atoms with Gasteiger partial charge in [-0.2, -0.15) is 5.10 Å². The summed E-state index contributed by atoms with van der Waals surface area (Å²) in [5.41, 5.74) is 3.41. The van der Waals surface area contributed by atoms with Crippen molar-refractivity contribution >= 4 is 5.71 Å². The molecular weight excluding hydrogens is 222 g/mol. The Hall–Kier alpha value is -2.16. The van der Waals surface area contributed by atoms with Gasteiger partial charge in [-0.3, -0.25) is 9.99 Å². The van der Waals surface area contributed by atoms with Crippen LogP contribution in [0, 0.1) is 0 Å². The normalized spacial score (nSPS) is 18.8. The maximum atomic E-state index is 4.63. The molecule has 1 aliphatic rings. The third kappa shape index (κ3) is 1.99. The minimum absolute atomic E-state index is 0.251. The monoisotopic (exact) mass is 237 g/mol. The van der Waals surface area contributed by atoms with E-state index < -0.39 is 0 Å². The summed E-state index contributed by atoms with van der Waals surface area (Å²) >= 11 is 0. The number of rotatable bonds is 2. The van der Waals surface area contributed by atoms with Crippen molar-refractivity contribution in [1.82, 2.24) is 9.99 Å². The fourth-order valence-corrected chi connectivity index (χ4v) is 2.29. The van der Waals surface area contributed by atoms with Gasteiger partial charge in [-0.25, -0.2) is 0 Å². The summed E-state index contributed by atoms with van der Waals surface area (Å²) in [6.45, 7) is 0. The first kappa shape index (κ1) is 11.0. The van der Waals surface area contributed by atoms with Crippen molar-refractivity contribution in [2.24, 2.45) is 5.10 Å². The lowest BCUT2D eigenvalue weighted by Gasteiger charge is -2.17. The number of nitrogens with zero attached hydrogens (tertiary/aromatic N) is 3. The average molecular weight is 237 g/mol. The lowest BCUT2D eigenvalue weighted by atomic mass is 10.0. The summed E-state index contributed by atoms with van der Waals surface area (Å²) in [4.78, 5) is 4.42. The SMILES string of the molecule is CN1N=C(c2ccccc2)CC1c1ccccn1. The van der Waals surface area contributed by atoms with Gasteiger partial charge in [-0.05, 0) is 17.7 Å². The fourth-order valence-electron chi connectivity index (χ4n) is 2.29. The second-order valence-corrected chi connectivity index (χ2v) is 4.46. The molecule has 3 rings (SSSR count). The predicted molar refractivity (Wildman–Crippen MR) is 72.3 cm³/mol. The van der Waals surface area contributed by atoms with Crippen LogP contribution in [0.1, 0.15) is 23.7 Å². The van der Waals surface area contributed by atoms with E-state index in [4.69, 9.17) is 0 Å². The molecule has 2 heterocycles. The fraction of sp³-hybridized carbons (Fsp3) is 0.200. The Labute approximate surface area is 107 Å². The first-order chi connectivity index (χ1) is 8.84. The summed E-state index contributed by atoms with van der Waals surface area (Å²) in [5.74, 6) is 0. The number of pyridine rings is 1. The van der Waals surface area contributed by atoms with Crippen LogP contribution in [0.4, 0.5) is 0 Å². The zero-order valence-electron chi connectivity index (χ0n) is 10.3. The Kier molecular flexibility index (Phi) is 2.81. The number of hydrazone groups is 1. The van der Waals surface area contributed by atoms with Gasteiger partial charge in [-0.15, -0.1) is 0 Å². The molecular formula is C15H15N3. The van der Waals surface area contributed by atoms with Gasteiger partial charge in [0.15, 0.2) is 0 Å². The van der Waals surface area contributed by atoms with Gasteiger partial charge < -0.3 is 0 Å². The van der Waals surface area contributed by atoms with Gasteiger partial charge in [0.25, 0.3) is 0 Å². The number of benzene rings is 1. The third-order valence-corrected chi connectivity index (χ3v) is 3.25. The lowest BCUT2D eigenvalue weighted by molar-refractivity contribution is 0.284. The second-order valence-electron chi connectivity index (χ2n) is 4.46.